The van der Waals surface area contributed by atoms with Gasteiger partial charge in [-0.1, -0.05) is 23.5 Å². The molecule has 1 unspecified atom stereocenters. The fraction of sp³-hybridized carbons (Fsp3) is 0.238. The molecule has 7 nitrogen and oxygen atoms in total. The fourth-order valence-electron chi connectivity index (χ4n) is 3.26. The van der Waals surface area contributed by atoms with Crippen molar-refractivity contribution in [3.63, 3.8) is 0 Å². The van der Waals surface area contributed by atoms with Crippen LogP contribution in [0.3, 0.4) is 0 Å². The maximum Gasteiger partial charge on any atom is 0.270 e. The molecule has 0 aliphatic carbocycles. The van der Waals surface area contributed by atoms with Gasteiger partial charge in [-0.15, -0.1) is 0 Å². The lowest BCUT2D eigenvalue weighted by Crippen LogP contribution is -2.36. The first-order valence-electron chi connectivity index (χ1n) is 9.41. The highest BCUT2D eigenvalue weighted by atomic mass is 32.1. The number of thiazole rings is 1. The molecule has 0 spiro atoms. The second kappa shape index (κ2) is 8.68. The number of halogens is 1. The minimum atomic E-state index is -0.483. The highest BCUT2D eigenvalue weighted by Crippen LogP contribution is 2.30. The van der Waals surface area contributed by atoms with Gasteiger partial charge in [-0.25, -0.2) is 9.37 Å². The van der Waals surface area contributed by atoms with Gasteiger partial charge in [-0.2, -0.15) is 0 Å². The van der Waals surface area contributed by atoms with Crippen LogP contribution in [0.1, 0.15) is 18.4 Å². The highest BCUT2D eigenvalue weighted by molar-refractivity contribution is 7.22. The Labute approximate surface area is 175 Å². The number of nitro groups is 1. The Bertz CT molecular complexity index is 1120. The summed E-state index contributed by atoms with van der Waals surface area (Å²) in [6, 6.07) is 10.3. The van der Waals surface area contributed by atoms with Gasteiger partial charge in [0.1, 0.15) is 5.82 Å². The number of ether oxygens (including phenoxy) is 1. The summed E-state index contributed by atoms with van der Waals surface area (Å²) in [7, 11) is 0. The number of benzene rings is 2. The summed E-state index contributed by atoms with van der Waals surface area (Å²) >= 11 is 1.23. The Morgan fingerprint density at radius 1 is 1.37 bits per heavy atom. The molecule has 1 saturated heterocycles. The van der Waals surface area contributed by atoms with E-state index in [-0.39, 0.29) is 23.5 Å². The van der Waals surface area contributed by atoms with Gasteiger partial charge < -0.3 is 4.74 Å². The summed E-state index contributed by atoms with van der Waals surface area (Å²) in [5, 5.41) is 11.4. The van der Waals surface area contributed by atoms with E-state index in [1.165, 1.54) is 52.7 Å². The van der Waals surface area contributed by atoms with E-state index in [1.807, 2.05) is 0 Å². The number of hydrogen-bond acceptors (Lipinski definition) is 6. The lowest BCUT2D eigenvalue weighted by Gasteiger charge is -2.21. The van der Waals surface area contributed by atoms with E-state index in [1.54, 1.807) is 18.2 Å². The lowest BCUT2D eigenvalue weighted by atomic mass is 10.2. The van der Waals surface area contributed by atoms with Crippen LogP contribution in [0.2, 0.25) is 0 Å². The topological polar surface area (TPSA) is 85.6 Å². The number of non-ortho nitro benzene ring substituents is 1. The Kier molecular flexibility index (Phi) is 5.82. The third-order valence-electron chi connectivity index (χ3n) is 4.75. The maximum absolute atomic E-state index is 13.6. The standard InChI is InChI=1S/C21H18FN3O4S/c22-15-7-8-18-19(12-15)30-21(23-18)24(13-17-5-2-10-29-17)20(26)9-6-14-3-1-4-16(11-14)25(27)28/h1,3-4,6-9,11-12,17H,2,5,10,13H2/b9-6+. The number of nitro benzene ring substituents is 1. The van der Waals surface area contributed by atoms with Crippen molar-refractivity contribution in [3.8, 4) is 0 Å². The van der Waals surface area contributed by atoms with Gasteiger partial charge in [0.05, 0.1) is 27.8 Å². The van der Waals surface area contributed by atoms with Crippen molar-refractivity contribution in [2.45, 2.75) is 18.9 Å². The number of hydrogen-bond donors (Lipinski definition) is 0. The summed E-state index contributed by atoms with van der Waals surface area (Å²) in [6.07, 6.45) is 4.58. The van der Waals surface area contributed by atoms with Crippen LogP contribution in [0.5, 0.6) is 0 Å². The normalized spacial score (nSPS) is 16.4. The van der Waals surface area contributed by atoms with Gasteiger partial charge in [-0.3, -0.25) is 19.8 Å². The lowest BCUT2D eigenvalue weighted by molar-refractivity contribution is -0.384. The highest BCUT2D eigenvalue weighted by Gasteiger charge is 2.25. The van der Waals surface area contributed by atoms with Gasteiger partial charge in [0.2, 0.25) is 0 Å². The van der Waals surface area contributed by atoms with Gasteiger partial charge in [0, 0.05) is 24.8 Å². The Balaban J connectivity index is 1.61. The predicted octanol–water partition coefficient (Wildman–Crippen LogP) is 4.57. The van der Waals surface area contributed by atoms with E-state index >= 15 is 0 Å². The third-order valence-corrected chi connectivity index (χ3v) is 5.79. The molecule has 1 aromatic heterocycles. The average molecular weight is 427 g/mol. The van der Waals surface area contributed by atoms with Crippen molar-refractivity contribution in [3.05, 3.63) is 70.0 Å². The minimum absolute atomic E-state index is 0.0472. The van der Waals surface area contributed by atoms with Gasteiger partial charge in [-0.05, 0) is 42.7 Å². The molecule has 0 bridgehead atoms. The Hall–Kier alpha value is -3.17. The average Bonchev–Trinajstić information content (AvgIpc) is 3.39. The van der Waals surface area contributed by atoms with Crippen molar-refractivity contribution < 1.29 is 18.8 Å². The Morgan fingerprint density at radius 3 is 3.00 bits per heavy atom. The number of amides is 1. The summed E-state index contributed by atoms with van der Waals surface area (Å²) in [6.45, 7) is 0.988. The van der Waals surface area contributed by atoms with Gasteiger partial charge >= 0.3 is 0 Å². The SMILES string of the molecule is O=C(/C=C/c1cccc([N+](=O)[O-])c1)N(CC1CCCO1)c1nc2ccc(F)cc2s1. The molecule has 0 radical (unpaired) electrons. The molecule has 3 aromatic rings. The van der Waals surface area contributed by atoms with E-state index < -0.39 is 4.92 Å². The molecule has 1 atom stereocenters. The van der Waals surface area contributed by atoms with Crippen LogP contribution < -0.4 is 4.90 Å². The summed E-state index contributed by atoms with van der Waals surface area (Å²) in [5.41, 5.74) is 1.11. The monoisotopic (exact) mass is 427 g/mol. The fourth-order valence-corrected chi connectivity index (χ4v) is 4.26. The third kappa shape index (κ3) is 4.52. The number of carbonyl (C=O) groups excluding carboxylic acids is 1. The largest absolute Gasteiger partial charge is 0.376 e. The number of rotatable bonds is 6. The van der Waals surface area contributed by atoms with Crippen molar-refractivity contribution >= 4 is 44.4 Å². The molecule has 2 aromatic carbocycles. The first-order chi connectivity index (χ1) is 14.5. The van der Waals surface area contributed by atoms with E-state index in [0.717, 1.165) is 12.8 Å². The molecule has 9 heteroatoms. The second-order valence-corrected chi connectivity index (χ2v) is 7.89. The first kappa shape index (κ1) is 20.1. The molecule has 0 N–H and O–H groups in total. The zero-order valence-corrected chi connectivity index (χ0v) is 16.7. The molecule has 0 saturated carbocycles. The second-order valence-electron chi connectivity index (χ2n) is 6.88. The number of nitrogens with zero attached hydrogens (tertiary/aromatic N) is 3. The van der Waals surface area contributed by atoms with Crippen molar-refractivity contribution in [1.82, 2.24) is 4.98 Å². The predicted molar refractivity (Wildman–Crippen MR) is 113 cm³/mol. The van der Waals surface area contributed by atoms with Crippen LogP contribution in [0, 0.1) is 15.9 Å². The van der Waals surface area contributed by atoms with Crippen LogP contribution in [0.4, 0.5) is 15.2 Å². The molecule has 154 valence electrons. The summed E-state index contributed by atoms with van der Waals surface area (Å²) < 4.78 is 19.9. The number of fused-ring (bicyclic) bond motifs is 1. The van der Waals surface area contributed by atoms with Crippen LogP contribution in [-0.4, -0.2) is 35.1 Å². The maximum atomic E-state index is 13.6. The molecule has 1 aliphatic heterocycles. The van der Waals surface area contributed by atoms with Gasteiger partial charge in [0.15, 0.2) is 5.13 Å². The van der Waals surface area contributed by atoms with Crippen LogP contribution >= 0.6 is 11.3 Å². The van der Waals surface area contributed by atoms with E-state index in [9.17, 15) is 19.3 Å². The number of carbonyl (C=O) groups is 1. The molecular weight excluding hydrogens is 409 g/mol. The van der Waals surface area contributed by atoms with E-state index in [0.29, 0.717) is 34.1 Å². The summed E-state index contributed by atoms with van der Waals surface area (Å²) in [5.74, 6) is -0.684. The zero-order valence-electron chi connectivity index (χ0n) is 15.9. The van der Waals surface area contributed by atoms with Crippen molar-refractivity contribution in [2.24, 2.45) is 0 Å². The molecule has 30 heavy (non-hydrogen) atoms. The molecule has 2 heterocycles. The molecular formula is C21H18FN3O4S. The molecule has 1 aliphatic rings. The number of anilines is 1. The quantitative estimate of drug-likeness (QED) is 0.327. The molecule has 1 amide bonds. The van der Waals surface area contributed by atoms with E-state index in [2.05, 4.69) is 4.98 Å². The van der Waals surface area contributed by atoms with Crippen molar-refractivity contribution in [2.75, 3.05) is 18.1 Å². The smallest absolute Gasteiger partial charge is 0.270 e. The summed E-state index contributed by atoms with van der Waals surface area (Å²) in [4.78, 5) is 29.5. The Morgan fingerprint density at radius 2 is 2.23 bits per heavy atom. The van der Waals surface area contributed by atoms with Crippen LogP contribution in [0.25, 0.3) is 16.3 Å². The van der Waals surface area contributed by atoms with Crippen LogP contribution in [-0.2, 0) is 9.53 Å². The first-order valence-corrected chi connectivity index (χ1v) is 10.2. The van der Waals surface area contributed by atoms with E-state index in [4.69, 9.17) is 4.74 Å². The van der Waals surface area contributed by atoms with Crippen LogP contribution in [0.15, 0.2) is 48.5 Å². The number of aromatic nitrogens is 1. The molecule has 4 rings (SSSR count). The minimum Gasteiger partial charge on any atom is -0.376 e. The van der Waals surface area contributed by atoms with Gasteiger partial charge in [0.25, 0.3) is 11.6 Å². The molecule has 1 fully saturated rings. The van der Waals surface area contributed by atoms with Crippen molar-refractivity contribution in [1.29, 1.82) is 0 Å². The zero-order chi connectivity index (χ0) is 21.1.